The van der Waals surface area contributed by atoms with Crippen LogP contribution in [0.1, 0.15) is 12.6 Å². The normalized spacial score (nSPS) is 18.2. The quantitative estimate of drug-likeness (QED) is 0.664. The van der Waals surface area contributed by atoms with Crippen LogP contribution in [0.25, 0.3) is 0 Å². The molecule has 0 saturated carbocycles. The monoisotopic (exact) mass is 298 g/mol. The molecule has 1 N–H and O–H groups in total. The van der Waals surface area contributed by atoms with Gasteiger partial charge in [-0.2, -0.15) is 0 Å². The van der Waals surface area contributed by atoms with E-state index >= 15 is 0 Å². The van der Waals surface area contributed by atoms with Gasteiger partial charge in [-0.1, -0.05) is 0 Å². The van der Waals surface area contributed by atoms with E-state index in [0.717, 1.165) is 4.47 Å². The summed E-state index contributed by atoms with van der Waals surface area (Å²) in [6, 6.07) is 1.77. The lowest BCUT2D eigenvalue weighted by molar-refractivity contribution is -0.151. The Morgan fingerprint density at radius 2 is 2.47 bits per heavy atom. The highest BCUT2D eigenvalue weighted by Gasteiger charge is 2.33. The molecule has 0 bridgehead atoms. The van der Waals surface area contributed by atoms with Gasteiger partial charge in [0.05, 0.1) is 18.0 Å². The maximum Gasteiger partial charge on any atom is 0.318 e. The first-order chi connectivity index (χ1) is 8.11. The summed E-state index contributed by atoms with van der Waals surface area (Å²) in [4.78, 5) is 27.5. The molecule has 1 aliphatic rings. The smallest absolute Gasteiger partial charge is 0.318 e. The predicted molar refractivity (Wildman–Crippen MR) is 64.4 cm³/mol. The third-order valence-corrected chi connectivity index (χ3v) is 2.91. The average molecular weight is 299 g/mol. The molecule has 17 heavy (non-hydrogen) atoms. The minimum atomic E-state index is -0.795. The standard InChI is InChI=1S/C11H11BrN2O3/c1-2-17-11(16)7-4-8-9(14-10(7)15)3-6(12)5-13-8/h3,5,7H,2,4H2,1H3,(H,14,15). The number of esters is 1. The largest absolute Gasteiger partial charge is 0.465 e. The Hall–Kier alpha value is -1.43. The Morgan fingerprint density at radius 3 is 3.18 bits per heavy atom. The van der Waals surface area contributed by atoms with Crippen molar-refractivity contribution >= 4 is 33.5 Å². The highest BCUT2D eigenvalue weighted by molar-refractivity contribution is 9.10. The number of rotatable bonds is 2. The molecule has 0 saturated heterocycles. The number of pyridine rings is 1. The van der Waals surface area contributed by atoms with E-state index in [0.29, 0.717) is 11.4 Å². The second-order valence-corrected chi connectivity index (χ2v) is 4.56. The maximum absolute atomic E-state index is 11.7. The molecule has 1 aromatic heterocycles. The Balaban J connectivity index is 2.24. The van der Waals surface area contributed by atoms with Gasteiger partial charge in [-0.05, 0) is 28.9 Å². The van der Waals surface area contributed by atoms with Crippen molar-refractivity contribution in [3.05, 3.63) is 22.4 Å². The Kier molecular flexibility index (Phi) is 3.42. The van der Waals surface area contributed by atoms with Crippen LogP contribution in [0.3, 0.4) is 0 Å². The van der Waals surface area contributed by atoms with Gasteiger partial charge >= 0.3 is 5.97 Å². The number of anilines is 1. The molecule has 0 radical (unpaired) electrons. The minimum absolute atomic E-state index is 0.267. The van der Waals surface area contributed by atoms with Crippen molar-refractivity contribution in [2.45, 2.75) is 13.3 Å². The molecule has 1 aliphatic heterocycles. The number of carbonyl (C=O) groups excluding carboxylic acids is 2. The summed E-state index contributed by atoms with van der Waals surface area (Å²) in [6.45, 7) is 1.98. The predicted octanol–water partition coefficient (Wildman–Crippen LogP) is 1.52. The lowest BCUT2D eigenvalue weighted by atomic mass is 9.97. The number of hydrogen-bond donors (Lipinski definition) is 1. The zero-order valence-electron chi connectivity index (χ0n) is 9.20. The van der Waals surface area contributed by atoms with Gasteiger partial charge in [0, 0.05) is 17.1 Å². The van der Waals surface area contributed by atoms with E-state index in [1.54, 1.807) is 19.2 Å². The Bertz CT molecular complexity index is 476. The van der Waals surface area contributed by atoms with Gasteiger partial charge < -0.3 is 10.1 Å². The number of nitrogens with one attached hydrogen (secondary N) is 1. The van der Waals surface area contributed by atoms with Crippen molar-refractivity contribution < 1.29 is 14.3 Å². The molecule has 1 aromatic rings. The molecule has 1 amide bonds. The van der Waals surface area contributed by atoms with Gasteiger partial charge in [-0.25, -0.2) is 0 Å². The van der Waals surface area contributed by atoms with Gasteiger partial charge in [-0.15, -0.1) is 0 Å². The topological polar surface area (TPSA) is 68.3 Å². The number of hydrogen-bond acceptors (Lipinski definition) is 4. The number of ether oxygens (including phenoxy) is 1. The van der Waals surface area contributed by atoms with Crippen LogP contribution >= 0.6 is 15.9 Å². The van der Waals surface area contributed by atoms with E-state index in [1.165, 1.54) is 0 Å². The van der Waals surface area contributed by atoms with E-state index in [2.05, 4.69) is 26.2 Å². The van der Waals surface area contributed by atoms with Gasteiger partial charge in [0.15, 0.2) is 0 Å². The molecule has 5 nitrogen and oxygen atoms in total. The fourth-order valence-electron chi connectivity index (χ4n) is 1.68. The van der Waals surface area contributed by atoms with Crippen molar-refractivity contribution in [2.75, 3.05) is 11.9 Å². The van der Waals surface area contributed by atoms with Crippen LogP contribution in [0.4, 0.5) is 5.69 Å². The lowest BCUT2D eigenvalue weighted by Crippen LogP contribution is -2.37. The number of aromatic nitrogens is 1. The molecule has 2 heterocycles. The van der Waals surface area contributed by atoms with Crippen molar-refractivity contribution in [3.8, 4) is 0 Å². The Morgan fingerprint density at radius 1 is 1.71 bits per heavy atom. The van der Waals surface area contributed by atoms with E-state index in [4.69, 9.17) is 4.74 Å². The van der Waals surface area contributed by atoms with Crippen molar-refractivity contribution in [1.29, 1.82) is 0 Å². The molecule has 90 valence electrons. The van der Waals surface area contributed by atoms with Crippen molar-refractivity contribution in [2.24, 2.45) is 5.92 Å². The summed E-state index contributed by atoms with van der Waals surface area (Å²) >= 11 is 3.27. The maximum atomic E-state index is 11.7. The zero-order valence-corrected chi connectivity index (χ0v) is 10.8. The van der Waals surface area contributed by atoms with Crippen LogP contribution < -0.4 is 5.32 Å². The number of amides is 1. The van der Waals surface area contributed by atoms with Gasteiger partial charge in [-0.3, -0.25) is 14.6 Å². The first kappa shape index (κ1) is 12.0. The van der Waals surface area contributed by atoms with E-state index in [1.807, 2.05) is 0 Å². The summed E-state index contributed by atoms with van der Waals surface area (Å²) in [5.41, 5.74) is 1.34. The molecule has 1 atom stereocenters. The first-order valence-electron chi connectivity index (χ1n) is 5.23. The highest BCUT2D eigenvalue weighted by Crippen LogP contribution is 2.26. The molecule has 0 fully saturated rings. The molecule has 1 unspecified atom stereocenters. The van der Waals surface area contributed by atoms with Crippen LogP contribution in [-0.2, 0) is 20.7 Å². The van der Waals surface area contributed by atoms with E-state index in [-0.39, 0.29) is 18.9 Å². The van der Waals surface area contributed by atoms with Crippen LogP contribution in [0.5, 0.6) is 0 Å². The summed E-state index contributed by atoms with van der Waals surface area (Å²) < 4.78 is 5.64. The third-order valence-electron chi connectivity index (χ3n) is 2.48. The summed E-state index contributed by atoms with van der Waals surface area (Å²) in [7, 11) is 0. The minimum Gasteiger partial charge on any atom is -0.465 e. The second-order valence-electron chi connectivity index (χ2n) is 3.65. The van der Waals surface area contributed by atoms with Crippen LogP contribution in [0.2, 0.25) is 0 Å². The number of carbonyl (C=O) groups is 2. The molecule has 0 aliphatic carbocycles. The van der Waals surface area contributed by atoms with Gasteiger partial charge in [0.2, 0.25) is 5.91 Å². The summed E-state index contributed by atoms with van der Waals surface area (Å²) in [5.74, 6) is -1.63. The van der Waals surface area contributed by atoms with E-state index in [9.17, 15) is 9.59 Å². The van der Waals surface area contributed by atoms with Crippen LogP contribution in [0, 0.1) is 5.92 Å². The first-order valence-corrected chi connectivity index (χ1v) is 6.03. The average Bonchev–Trinajstić information content (AvgIpc) is 2.28. The van der Waals surface area contributed by atoms with Crippen LogP contribution in [-0.4, -0.2) is 23.5 Å². The lowest BCUT2D eigenvalue weighted by Gasteiger charge is -2.22. The van der Waals surface area contributed by atoms with E-state index < -0.39 is 11.9 Å². The molecule has 2 rings (SSSR count). The fourth-order valence-corrected chi connectivity index (χ4v) is 2.01. The number of halogens is 1. The third kappa shape index (κ3) is 2.46. The van der Waals surface area contributed by atoms with Crippen molar-refractivity contribution in [3.63, 3.8) is 0 Å². The molecule has 0 aromatic carbocycles. The molecule has 6 heteroatoms. The molecular formula is C11H11BrN2O3. The van der Waals surface area contributed by atoms with Gasteiger partial charge in [0.25, 0.3) is 0 Å². The number of fused-ring (bicyclic) bond motifs is 1. The van der Waals surface area contributed by atoms with Gasteiger partial charge in [0.1, 0.15) is 5.92 Å². The highest BCUT2D eigenvalue weighted by atomic mass is 79.9. The number of nitrogens with zero attached hydrogens (tertiary/aromatic N) is 1. The van der Waals surface area contributed by atoms with Crippen molar-refractivity contribution in [1.82, 2.24) is 4.98 Å². The van der Waals surface area contributed by atoms with Crippen LogP contribution in [0.15, 0.2) is 16.7 Å². The SMILES string of the molecule is CCOC(=O)C1Cc2ncc(Br)cc2NC1=O. The molecule has 0 spiro atoms. The summed E-state index contributed by atoms with van der Waals surface area (Å²) in [6.07, 6.45) is 1.92. The second kappa shape index (κ2) is 4.83. The zero-order chi connectivity index (χ0) is 12.4. The Labute approximate surface area is 107 Å². The fraction of sp³-hybridized carbons (Fsp3) is 0.364. The summed E-state index contributed by atoms with van der Waals surface area (Å²) in [5, 5.41) is 2.66. The molecular weight excluding hydrogens is 288 g/mol.